The number of rotatable bonds is 4. The summed E-state index contributed by atoms with van der Waals surface area (Å²) in [5.74, 6) is -0.757. The number of piperazine rings is 1. The van der Waals surface area contributed by atoms with Gasteiger partial charge in [-0.1, -0.05) is 23.7 Å². The van der Waals surface area contributed by atoms with Crippen molar-refractivity contribution in [2.45, 2.75) is 12.5 Å². The molecule has 21 heavy (non-hydrogen) atoms. The summed E-state index contributed by atoms with van der Waals surface area (Å²) in [7, 11) is 0. The summed E-state index contributed by atoms with van der Waals surface area (Å²) in [4.78, 5) is 2.25. The van der Waals surface area contributed by atoms with Crippen LogP contribution in [0.1, 0.15) is 18.0 Å². The largest absolute Gasteiger partial charge is 0.506 e. The maximum Gasteiger partial charge on any atom is 0.145 e. The molecular weight excluding hydrogens is 338 g/mol. The molecule has 1 saturated heterocycles. The smallest absolute Gasteiger partial charge is 0.145 e. The molecule has 1 aliphatic heterocycles. The minimum atomic E-state index is -0.597. The summed E-state index contributed by atoms with van der Waals surface area (Å²) in [5, 5.41) is 13.1. The van der Waals surface area contributed by atoms with Gasteiger partial charge in [-0.05, 0) is 12.5 Å². The third-order valence-electron chi connectivity index (χ3n) is 3.44. The van der Waals surface area contributed by atoms with Crippen molar-refractivity contribution >= 4 is 36.4 Å². The van der Waals surface area contributed by atoms with Crippen LogP contribution in [0.2, 0.25) is 5.02 Å². The van der Waals surface area contributed by atoms with Crippen molar-refractivity contribution in [1.29, 1.82) is 0 Å². The van der Waals surface area contributed by atoms with Crippen LogP contribution in [0.3, 0.4) is 0 Å². The fourth-order valence-electron chi connectivity index (χ4n) is 2.45. The molecule has 1 heterocycles. The van der Waals surface area contributed by atoms with E-state index in [2.05, 4.69) is 16.8 Å². The quantitative estimate of drug-likeness (QED) is 0.809. The van der Waals surface area contributed by atoms with Gasteiger partial charge >= 0.3 is 0 Å². The van der Waals surface area contributed by atoms with Gasteiger partial charge in [0, 0.05) is 37.8 Å². The van der Waals surface area contributed by atoms with Crippen LogP contribution in [0.5, 0.6) is 5.75 Å². The van der Waals surface area contributed by atoms with Gasteiger partial charge in [0.2, 0.25) is 0 Å². The average Bonchev–Trinajstić information content (AvgIpc) is 2.44. The summed E-state index contributed by atoms with van der Waals surface area (Å²) in [6, 6.07) is 2.89. The number of halogens is 4. The number of phenolic OH excluding ortho intramolecular Hbond substituents is 1. The average molecular weight is 358 g/mol. The lowest BCUT2D eigenvalue weighted by molar-refractivity contribution is 0.172. The molecule has 0 spiro atoms. The molecule has 2 rings (SSSR count). The molecule has 0 radical (unpaired) electrons. The Bertz CT molecular complexity index is 468. The van der Waals surface area contributed by atoms with Crippen LogP contribution < -0.4 is 5.32 Å². The number of nitrogens with zero attached hydrogens (tertiary/aromatic N) is 1. The van der Waals surface area contributed by atoms with Crippen LogP contribution in [0.15, 0.2) is 24.8 Å². The predicted molar refractivity (Wildman–Crippen MR) is 89.6 cm³/mol. The summed E-state index contributed by atoms with van der Waals surface area (Å²) < 4.78 is 13.3. The monoisotopic (exact) mass is 356 g/mol. The van der Waals surface area contributed by atoms with Crippen molar-refractivity contribution in [3.05, 3.63) is 41.2 Å². The fourth-order valence-corrected chi connectivity index (χ4v) is 2.62. The van der Waals surface area contributed by atoms with Gasteiger partial charge in [0.15, 0.2) is 0 Å². The van der Waals surface area contributed by atoms with E-state index in [1.165, 1.54) is 6.07 Å². The van der Waals surface area contributed by atoms with E-state index in [-0.39, 0.29) is 41.6 Å². The van der Waals surface area contributed by atoms with Crippen molar-refractivity contribution in [3.8, 4) is 5.75 Å². The van der Waals surface area contributed by atoms with Crippen molar-refractivity contribution in [3.63, 3.8) is 0 Å². The molecule has 0 unspecified atom stereocenters. The van der Waals surface area contributed by atoms with Gasteiger partial charge in [-0.3, -0.25) is 4.90 Å². The molecular formula is C14H20Cl3FN2O. The molecule has 1 aromatic carbocycles. The molecule has 0 amide bonds. The Morgan fingerprint density at radius 3 is 2.57 bits per heavy atom. The first-order valence-electron chi connectivity index (χ1n) is 6.37. The zero-order chi connectivity index (χ0) is 13.8. The standard InChI is InChI=1S/C14H18ClFN2O.2ClH/c1-2-3-12(18-8-6-17-7-9-18)10-4-5-11(16)13(15)14(10)19;;/h2,4-5,12,17,19H,1,3,6-9H2;2*1H/t12-;;/m0../s1. The van der Waals surface area contributed by atoms with E-state index in [1.807, 2.05) is 6.08 Å². The lowest BCUT2D eigenvalue weighted by Crippen LogP contribution is -2.45. The highest BCUT2D eigenvalue weighted by atomic mass is 35.5. The Hall–Kier alpha value is -0.520. The normalized spacial score (nSPS) is 16.5. The highest BCUT2D eigenvalue weighted by Crippen LogP contribution is 2.37. The molecule has 0 saturated carbocycles. The highest BCUT2D eigenvalue weighted by Gasteiger charge is 2.25. The Morgan fingerprint density at radius 2 is 2.00 bits per heavy atom. The summed E-state index contributed by atoms with van der Waals surface area (Å²) in [6.07, 6.45) is 2.50. The maximum atomic E-state index is 13.3. The predicted octanol–water partition coefficient (Wildman–Crippen LogP) is 3.55. The van der Waals surface area contributed by atoms with E-state index in [1.54, 1.807) is 6.07 Å². The number of aromatic hydroxyl groups is 1. The van der Waals surface area contributed by atoms with Gasteiger partial charge in [0.25, 0.3) is 0 Å². The van der Waals surface area contributed by atoms with Crippen LogP contribution in [-0.4, -0.2) is 36.2 Å². The maximum absolute atomic E-state index is 13.3. The van der Waals surface area contributed by atoms with E-state index in [9.17, 15) is 9.50 Å². The van der Waals surface area contributed by atoms with Gasteiger partial charge in [-0.2, -0.15) is 0 Å². The van der Waals surface area contributed by atoms with Crippen LogP contribution in [0.4, 0.5) is 4.39 Å². The van der Waals surface area contributed by atoms with E-state index in [4.69, 9.17) is 11.6 Å². The van der Waals surface area contributed by atoms with Crippen molar-refractivity contribution < 1.29 is 9.50 Å². The summed E-state index contributed by atoms with van der Waals surface area (Å²) in [5.41, 5.74) is 0.660. The number of nitrogens with one attached hydrogen (secondary N) is 1. The SMILES string of the molecule is C=CC[C@@H](c1ccc(F)c(Cl)c1O)N1CCNCC1.Cl.Cl. The van der Waals surface area contributed by atoms with Crippen molar-refractivity contribution in [1.82, 2.24) is 10.2 Å². The zero-order valence-corrected chi connectivity index (χ0v) is 13.9. The van der Waals surface area contributed by atoms with Crippen molar-refractivity contribution in [2.24, 2.45) is 0 Å². The molecule has 0 aliphatic carbocycles. The first-order chi connectivity index (χ1) is 9.15. The third kappa shape index (κ3) is 4.73. The van der Waals surface area contributed by atoms with Gasteiger partial charge in [0.1, 0.15) is 16.6 Å². The first kappa shape index (κ1) is 20.5. The molecule has 0 aromatic heterocycles. The fraction of sp³-hybridized carbons (Fsp3) is 0.429. The molecule has 3 nitrogen and oxygen atoms in total. The molecule has 0 bridgehead atoms. The topological polar surface area (TPSA) is 35.5 Å². The Morgan fingerprint density at radius 1 is 1.38 bits per heavy atom. The molecule has 1 atom stereocenters. The highest BCUT2D eigenvalue weighted by molar-refractivity contribution is 6.32. The lowest BCUT2D eigenvalue weighted by Gasteiger charge is -2.35. The van der Waals surface area contributed by atoms with E-state index >= 15 is 0 Å². The summed E-state index contributed by atoms with van der Waals surface area (Å²) in [6.45, 7) is 7.34. The second-order valence-electron chi connectivity index (χ2n) is 4.63. The third-order valence-corrected chi connectivity index (χ3v) is 3.80. The van der Waals surface area contributed by atoms with E-state index in [0.717, 1.165) is 26.2 Å². The molecule has 120 valence electrons. The van der Waals surface area contributed by atoms with Crippen LogP contribution in [0, 0.1) is 5.82 Å². The molecule has 2 N–H and O–H groups in total. The number of hydrogen-bond acceptors (Lipinski definition) is 3. The minimum Gasteiger partial charge on any atom is -0.506 e. The minimum absolute atomic E-state index is 0. The van der Waals surface area contributed by atoms with Gasteiger partial charge < -0.3 is 10.4 Å². The summed E-state index contributed by atoms with van der Waals surface area (Å²) >= 11 is 5.78. The van der Waals surface area contributed by atoms with Gasteiger partial charge in [0.05, 0.1) is 0 Å². The van der Waals surface area contributed by atoms with Crippen LogP contribution in [-0.2, 0) is 0 Å². The van der Waals surface area contributed by atoms with E-state index in [0.29, 0.717) is 12.0 Å². The second-order valence-corrected chi connectivity index (χ2v) is 5.00. The van der Waals surface area contributed by atoms with Gasteiger partial charge in [-0.25, -0.2) is 4.39 Å². The van der Waals surface area contributed by atoms with Crippen LogP contribution >= 0.6 is 36.4 Å². The first-order valence-corrected chi connectivity index (χ1v) is 6.75. The molecule has 1 aliphatic rings. The number of benzene rings is 1. The zero-order valence-electron chi connectivity index (χ0n) is 11.5. The Labute approximate surface area is 142 Å². The molecule has 7 heteroatoms. The van der Waals surface area contributed by atoms with Crippen molar-refractivity contribution in [2.75, 3.05) is 26.2 Å². The number of hydrogen-bond donors (Lipinski definition) is 2. The van der Waals surface area contributed by atoms with Crippen LogP contribution in [0.25, 0.3) is 0 Å². The van der Waals surface area contributed by atoms with E-state index < -0.39 is 5.82 Å². The Balaban J connectivity index is 0.00000200. The Kier molecular flexibility index (Phi) is 9.25. The lowest BCUT2D eigenvalue weighted by atomic mass is 10.00. The van der Waals surface area contributed by atoms with Gasteiger partial charge in [-0.15, -0.1) is 31.4 Å². The second kappa shape index (κ2) is 9.49. The molecule has 1 fully saturated rings. The molecule has 1 aromatic rings. The number of phenols is 1.